The second-order valence-corrected chi connectivity index (χ2v) is 4.94. The fourth-order valence-electron chi connectivity index (χ4n) is 2.47. The Labute approximate surface area is 135 Å². The quantitative estimate of drug-likeness (QED) is 0.483. The minimum atomic E-state index is 0. The van der Waals surface area contributed by atoms with Crippen LogP contribution in [-0.2, 0) is 20.1 Å². The molecule has 0 aromatic heterocycles. The summed E-state index contributed by atoms with van der Waals surface area (Å²) in [5.74, 6) is 3.81. The van der Waals surface area contributed by atoms with E-state index in [0.717, 1.165) is 22.8 Å². The number of amidine groups is 1. The third kappa shape index (κ3) is 1.89. The molecular weight excluding hydrogens is 448 g/mol. The van der Waals surface area contributed by atoms with Crippen molar-refractivity contribution >= 4 is 23.5 Å². The Morgan fingerprint density at radius 3 is 3.00 bits per heavy atom. The molecule has 0 aliphatic carbocycles. The zero-order valence-electron chi connectivity index (χ0n) is 10.6. The summed E-state index contributed by atoms with van der Waals surface area (Å²) in [5, 5.41) is 0. The van der Waals surface area contributed by atoms with Crippen LogP contribution in [0.25, 0.3) is 11.1 Å². The molecule has 0 saturated carbocycles. The SMILES string of the molecule is COc1ccc2c(c1)C1=NS[CH-]N1c1[c-]cccc1-2.[Ir]. The summed E-state index contributed by atoms with van der Waals surface area (Å²) in [5.41, 5.74) is 4.52. The van der Waals surface area contributed by atoms with Gasteiger partial charge in [-0.15, -0.1) is 5.56 Å². The molecule has 0 atom stereocenters. The first-order chi connectivity index (χ1) is 9.38. The number of hydrogen-bond donors (Lipinski definition) is 0. The van der Waals surface area contributed by atoms with Crippen molar-refractivity contribution in [1.29, 1.82) is 0 Å². The largest absolute Gasteiger partial charge is 0.497 e. The number of fused-ring (bicyclic) bond motifs is 6. The number of anilines is 1. The first-order valence-electron chi connectivity index (χ1n) is 5.94. The fourth-order valence-corrected chi connectivity index (χ4v) is 3.10. The number of para-hydroxylation sites is 1. The van der Waals surface area contributed by atoms with Gasteiger partial charge in [0.2, 0.25) is 0 Å². The van der Waals surface area contributed by atoms with Crippen molar-refractivity contribution in [2.75, 3.05) is 12.0 Å². The molecule has 0 fully saturated rings. The van der Waals surface area contributed by atoms with Crippen LogP contribution in [0.1, 0.15) is 5.56 Å². The van der Waals surface area contributed by atoms with Crippen LogP contribution in [0.15, 0.2) is 40.8 Å². The second-order valence-electron chi connectivity index (χ2n) is 4.34. The molecule has 0 unspecified atom stereocenters. The number of benzene rings is 2. The van der Waals surface area contributed by atoms with Crippen LogP contribution >= 0.6 is 11.9 Å². The minimum absolute atomic E-state index is 0. The van der Waals surface area contributed by atoms with E-state index in [9.17, 15) is 0 Å². The van der Waals surface area contributed by atoms with Crippen LogP contribution in [0.2, 0.25) is 0 Å². The molecule has 3 nitrogen and oxygen atoms in total. The van der Waals surface area contributed by atoms with E-state index in [1.54, 1.807) is 7.11 Å². The van der Waals surface area contributed by atoms with E-state index in [1.165, 1.54) is 23.1 Å². The Morgan fingerprint density at radius 1 is 1.25 bits per heavy atom. The van der Waals surface area contributed by atoms with Gasteiger partial charge >= 0.3 is 0 Å². The molecule has 0 spiro atoms. The molecule has 5 heteroatoms. The van der Waals surface area contributed by atoms with Gasteiger partial charge in [-0.05, 0) is 12.1 Å². The Kier molecular flexibility index (Phi) is 3.59. The van der Waals surface area contributed by atoms with Crippen molar-refractivity contribution in [3.05, 3.63) is 53.9 Å². The predicted molar refractivity (Wildman–Crippen MR) is 78.2 cm³/mol. The van der Waals surface area contributed by atoms with E-state index in [1.807, 2.05) is 30.1 Å². The fraction of sp³-hybridized carbons (Fsp3) is 0.0667. The van der Waals surface area contributed by atoms with Crippen molar-refractivity contribution in [3.8, 4) is 16.9 Å². The monoisotopic (exact) mass is 459 g/mol. The summed E-state index contributed by atoms with van der Waals surface area (Å²) >= 11 is 1.45. The molecule has 20 heavy (non-hydrogen) atoms. The van der Waals surface area contributed by atoms with Gasteiger partial charge in [0, 0.05) is 25.7 Å². The maximum Gasteiger partial charge on any atom is 0.119 e. The Balaban J connectivity index is 0.00000121. The van der Waals surface area contributed by atoms with Gasteiger partial charge in [-0.1, -0.05) is 17.3 Å². The minimum Gasteiger partial charge on any atom is -0.497 e. The molecule has 2 heterocycles. The number of hydrogen-bond acceptors (Lipinski definition) is 4. The normalized spacial score (nSPS) is 14.7. The number of nitrogens with zero attached hydrogens (tertiary/aromatic N) is 2. The van der Waals surface area contributed by atoms with Crippen molar-refractivity contribution in [2.24, 2.45) is 4.40 Å². The van der Waals surface area contributed by atoms with Crippen molar-refractivity contribution in [3.63, 3.8) is 0 Å². The van der Waals surface area contributed by atoms with E-state index < -0.39 is 0 Å². The van der Waals surface area contributed by atoms with Crippen LogP contribution in [-0.4, -0.2) is 12.9 Å². The van der Waals surface area contributed by atoms with Gasteiger partial charge in [0.15, 0.2) is 0 Å². The molecule has 0 N–H and O–H groups in total. The van der Waals surface area contributed by atoms with Gasteiger partial charge in [0.05, 0.1) is 7.11 Å². The van der Waals surface area contributed by atoms with E-state index in [0.29, 0.717) is 0 Å². The summed E-state index contributed by atoms with van der Waals surface area (Å²) in [7, 11) is 1.68. The van der Waals surface area contributed by atoms with Crippen molar-refractivity contribution in [2.45, 2.75) is 0 Å². The van der Waals surface area contributed by atoms with Gasteiger partial charge in [-0.3, -0.25) is 0 Å². The van der Waals surface area contributed by atoms with Gasteiger partial charge in [-0.2, -0.15) is 42.1 Å². The van der Waals surface area contributed by atoms with Crippen LogP contribution in [0.4, 0.5) is 5.69 Å². The molecule has 0 bridgehead atoms. The molecule has 2 aromatic carbocycles. The molecule has 2 aliphatic heterocycles. The van der Waals surface area contributed by atoms with Gasteiger partial charge < -0.3 is 9.64 Å². The molecule has 1 radical (unpaired) electrons. The number of ether oxygens (including phenoxy) is 1. The number of methoxy groups -OCH3 is 1. The second kappa shape index (κ2) is 5.24. The van der Waals surface area contributed by atoms with Gasteiger partial charge in [0.1, 0.15) is 11.6 Å². The number of rotatable bonds is 1. The first kappa shape index (κ1) is 13.7. The third-order valence-electron chi connectivity index (χ3n) is 3.35. The van der Waals surface area contributed by atoms with Crippen LogP contribution in [0.5, 0.6) is 5.75 Å². The van der Waals surface area contributed by atoms with Crippen molar-refractivity contribution < 1.29 is 24.8 Å². The van der Waals surface area contributed by atoms with Gasteiger partial charge in [0.25, 0.3) is 0 Å². The standard InChI is InChI=1S/C15H10N2OS.Ir/c1-18-10-6-7-11-12-4-2-3-5-14(12)17-9-19-16-15(17)13(11)8-10;/h2-4,6-9H,1H3;/q-2;. The Hall–Kier alpha value is -1.29. The van der Waals surface area contributed by atoms with Crippen LogP contribution < -0.4 is 9.64 Å². The molecule has 0 amide bonds. The third-order valence-corrected chi connectivity index (χ3v) is 3.94. The molecular formula is C15H10IrN2OS-2. The van der Waals surface area contributed by atoms with E-state index in [4.69, 9.17) is 4.74 Å². The maximum atomic E-state index is 5.32. The molecule has 4 rings (SSSR count). The summed E-state index contributed by atoms with van der Waals surface area (Å²) in [6.07, 6.45) is 0. The predicted octanol–water partition coefficient (Wildman–Crippen LogP) is 3.51. The molecule has 0 saturated heterocycles. The van der Waals surface area contributed by atoms with Gasteiger partial charge in [-0.25, -0.2) is 4.40 Å². The molecule has 103 valence electrons. The van der Waals surface area contributed by atoms with Crippen LogP contribution in [0.3, 0.4) is 0 Å². The zero-order valence-corrected chi connectivity index (χ0v) is 13.8. The molecule has 2 aromatic rings. The average Bonchev–Trinajstić information content (AvgIpc) is 2.97. The summed E-state index contributed by atoms with van der Waals surface area (Å²) in [6.45, 7) is 0. The van der Waals surface area contributed by atoms with E-state index in [-0.39, 0.29) is 20.1 Å². The summed E-state index contributed by atoms with van der Waals surface area (Å²) < 4.78 is 9.82. The van der Waals surface area contributed by atoms with E-state index >= 15 is 0 Å². The maximum absolute atomic E-state index is 5.32. The summed E-state index contributed by atoms with van der Waals surface area (Å²) in [6, 6.07) is 15.5. The Morgan fingerprint density at radius 2 is 2.15 bits per heavy atom. The average molecular weight is 459 g/mol. The van der Waals surface area contributed by atoms with Crippen molar-refractivity contribution in [1.82, 2.24) is 0 Å². The van der Waals surface area contributed by atoms with E-state index in [2.05, 4.69) is 27.5 Å². The van der Waals surface area contributed by atoms with Crippen LogP contribution in [0, 0.1) is 11.9 Å². The molecule has 2 aliphatic rings. The first-order valence-corrected chi connectivity index (χ1v) is 6.78. The summed E-state index contributed by atoms with van der Waals surface area (Å²) in [4.78, 5) is 2.09. The topological polar surface area (TPSA) is 24.8 Å². The zero-order chi connectivity index (χ0) is 12.8. The Bertz CT molecular complexity index is 702. The smallest absolute Gasteiger partial charge is 0.119 e.